The van der Waals surface area contributed by atoms with E-state index in [1.807, 2.05) is 7.05 Å². The van der Waals surface area contributed by atoms with Gasteiger partial charge in [-0.25, -0.2) is 4.72 Å². The molecule has 1 unspecified atom stereocenters. The number of likely N-dealkylation sites (N-methyl/N-ethyl adjacent to an activating group) is 1. The minimum Gasteiger partial charge on any atom is -0.318 e. The molecule has 122 valence electrons. The topological polar surface area (TPSA) is 61.4 Å². The van der Waals surface area contributed by atoms with E-state index in [9.17, 15) is 8.42 Å². The standard InChI is InChI=1S/C15H29N3O2S/c1-16-10-14-4-2-3-9-18(14)21(19,20)17-11-15(12-5-6-12)13-7-8-13/h12-17H,2-11H2,1H3. The fourth-order valence-electron chi connectivity index (χ4n) is 3.78. The van der Waals surface area contributed by atoms with Crippen LogP contribution >= 0.6 is 0 Å². The van der Waals surface area contributed by atoms with Crippen molar-refractivity contribution in [2.45, 2.75) is 51.0 Å². The summed E-state index contributed by atoms with van der Waals surface area (Å²) >= 11 is 0. The van der Waals surface area contributed by atoms with E-state index in [4.69, 9.17) is 0 Å². The average molecular weight is 315 g/mol. The first kappa shape index (κ1) is 15.7. The van der Waals surface area contributed by atoms with E-state index >= 15 is 0 Å². The van der Waals surface area contributed by atoms with Gasteiger partial charge in [0, 0.05) is 25.7 Å². The van der Waals surface area contributed by atoms with Crippen LogP contribution in [0.4, 0.5) is 0 Å². The van der Waals surface area contributed by atoms with Crippen molar-refractivity contribution in [1.29, 1.82) is 0 Å². The summed E-state index contributed by atoms with van der Waals surface area (Å²) in [6, 6.07) is 0.113. The van der Waals surface area contributed by atoms with Crippen LogP contribution in [0.25, 0.3) is 0 Å². The lowest BCUT2D eigenvalue weighted by molar-refractivity contribution is 0.244. The van der Waals surface area contributed by atoms with Gasteiger partial charge in [0.2, 0.25) is 0 Å². The quantitative estimate of drug-likeness (QED) is 0.710. The van der Waals surface area contributed by atoms with Gasteiger partial charge in [0.25, 0.3) is 10.2 Å². The van der Waals surface area contributed by atoms with Crippen LogP contribution in [0.5, 0.6) is 0 Å². The summed E-state index contributed by atoms with van der Waals surface area (Å²) in [4.78, 5) is 0. The van der Waals surface area contributed by atoms with E-state index in [0.717, 1.165) is 37.6 Å². The second-order valence-corrected chi connectivity index (χ2v) is 8.72. The van der Waals surface area contributed by atoms with Gasteiger partial charge >= 0.3 is 0 Å². The fourth-order valence-corrected chi connectivity index (χ4v) is 5.29. The van der Waals surface area contributed by atoms with Crippen molar-refractivity contribution >= 4 is 10.2 Å². The normalized spacial score (nSPS) is 28.2. The number of rotatable bonds is 8. The predicted molar refractivity (Wildman–Crippen MR) is 84.1 cm³/mol. The van der Waals surface area contributed by atoms with Crippen LogP contribution in [0, 0.1) is 17.8 Å². The molecule has 1 atom stereocenters. The number of hydrogen-bond acceptors (Lipinski definition) is 3. The van der Waals surface area contributed by atoms with Crippen molar-refractivity contribution < 1.29 is 8.42 Å². The van der Waals surface area contributed by atoms with Crippen molar-refractivity contribution in [3.05, 3.63) is 0 Å². The maximum atomic E-state index is 12.6. The Hall–Kier alpha value is -0.170. The van der Waals surface area contributed by atoms with E-state index in [0.29, 0.717) is 19.0 Å². The Morgan fingerprint density at radius 3 is 2.33 bits per heavy atom. The summed E-state index contributed by atoms with van der Waals surface area (Å²) < 4.78 is 29.9. The molecule has 2 saturated carbocycles. The highest BCUT2D eigenvalue weighted by Gasteiger charge is 2.42. The molecule has 3 fully saturated rings. The van der Waals surface area contributed by atoms with Gasteiger partial charge in [-0.2, -0.15) is 12.7 Å². The summed E-state index contributed by atoms with van der Waals surface area (Å²) in [5.41, 5.74) is 0. The van der Waals surface area contributed by atoms with E-state index in [2.05, 4.69) is 10.0 Å². The van der Waals surface area contributed by atoms with Gasteiger partial charge in [-0.3, -0.25) is 0 Å². The molecule has 0 amide bonds. The molecule has 0 aromatic carbocycles. The number of nitrogens with one attached hydrogen (secondary N) is 2. The Kier molecular flexibility index (Phi) is 4.88. The van der Waals surface area contributed by atoms with Crippen LogP contribution in [0.15, 0.2) is 0 Å². The molecule has 0 radical (unpaired) electrons. The molecule has 3 rings (SSSR count). The van der Waals surface area contributed by atoms with Crippen molar-refractivity contribution in [1.82, 2.24) is 14.3 Å². The molecule has 0 bridgehead atoms. The molecule has 0 aromatic rings. The van der Waals surface area contributed by atoms with Crippen LogP contribution < -0.4 is 10.0 Å². The SMILES string of the molecule is CNCC1CCCCN1S(=O)(=O)NCC(C1CC1)C1CC1. The lowest BCUT2D eigenvalue weighted by atomic mass is 9.99. The van der Waals surface area contributed by atoms with Crippen molar-refractivity contribution in [3.63, 3.8) is 0 Å². The molecule has 2 aliphatic carbocycles. The molecule has 0 spiro atoms. The second kappa shape index (κ2) is 6.52. The van der Waals surface area contributed by atoms with Gasteiger partial charge < -0.3 is 5.32 Å². The van der Waals surface area contributed by atoms with Crippen LogP contribution in [0.1, 0.15) is 44.9 Å². The lowest BCUT2D eigenvalue weighted by Crippen LogP contribution is -2.52. The second-order valence-electron chi connectivity index (χ2n) is 7.01. The highest BCUT2D eigenvalue weighted by molar-refractivity contribution is 7.87. The molecular weight excluding hydrogens is 286 g/mol. The Morgan fingerprint density at radius 2 is 1.76 bits per heavy atom. The Balaban J connectivity index is 1.58. The molecule has 6 heteroatoms. The third kappa shape index (κ3) is 3.97. The van der Waals surface area contributed by atoms with Gasteiger partial charge in [0.15, 0.2) is 0 Å². The molecule has 1 aliphatic heterocycles. The zero-order valence-electron chi connectivity index (χ0n) is 13.1. The summed E-state index contributed by atoms with van der Waals surface area (Å²) in [6.07, 6.45) is 8.28. The zero-order valence-corrected chi connectivity index (χ0v) is 13.9. The molecule has 5 nitrogen and oxygen atoms in total. The minimum absolute atomic E-state index is 0.113. The number of nitrogens with zero attached hydrogens (tertiary/aromatic N) is 1. The fraction of sp³-hybridized carbons (Fsp3) is 1.00. The van der Waals surface area contributed by atoms with Gasteiger partial charge in [0.1, 0.15) is 0 Å². The molecule has 0 aromatic heterocycles. The Labute approximate surface area is 129 Å². The summed E-state index contributed by atoms with van der Waals surface area (Å²) in [6.45, 7) is 2.06. The first-order valence-corrected chi connectivity index (χ1v) is 9.97. The first-order valence-electron chi connectivity index (χ1n) is 8.53. The van der Waals surface area contributed by atoms with E-state index < -0.39 is 10.2 Å². The molecular formula is C15H29N3O2S. The van der Waals surface area contributed by atoms with Crippen LogP contribution in [-0.4, -0.2) is 45.4 Å². The molecule has 1 saturated heterocycles. The number of hydrogen-bond donors (Lipinski definition) is 2. The smallest absolute Gasteiger partial charge is 0.279 e. The van der Waals surface area contributed by atoms with E-state index in [1.54, 1.807) is 4.31 Å². The van der Waals surface area contributed by atoms with Crippen molar-refractivity contribution in [2.24, 2.45) is 17.8 Å². The summed E-state index contributed by atoms with van der Waals surface area (Å²) in [7, 11) is -1.43. The Bertz CT molecular complexity index is 432. The molecule has 1 heterocycles. The lowest BCUT2D eigenvalue weighted by Gasteiger charge is -2.35. The zero-order chi connectivity index (χ0) is 14.9. The first-order chi connectivity index (χ1) is 10.1. The van der Waals surface area contributed by atoms with E-state index in [-0.39, 0.29) is 6.04 Å². The van der Waals surface area contributed by atoms with Crippen molar-refractivity contribution in [3.8, 4) is 0 Å². The molecule has 21 heavy (non-hydrogen) atoms. The third-order valence-electron chi connectivity index (χ3n) is 5.28. The maximum Gasteiger partial charge on any atom is 0.279 e. The van der Waals surface area contributed by atoms with Gasteiger partial charge in [-0.1, -0.05) is 6.42 Å². The van der Waals surface area contributed by atoms with E-state index in [1.165, 1.54) is 25.7 Å². The average Bonchev–Trinajstić information content (AvgIpc) is 3.34. The van der Waals surface area contributed by atoms with Gasteiger partial charge in [-0.15, -0.1) is 0 Å². The van der Waals surface area contributed by atoms with Crippen LogP contribution in [0.2, 0.25) is 0 Å². The predicted octanol–water partition coefficient (Wildman–Crippen LogP) is 1.33. The molecule has 3 aliphatic rings. The number of piperidine rings is 1. The third-order valence-corrected chi connectivity index (χ3v) is 6.91. The van der Waals surface area contributed by atoms with Crippen molar-refractivity contribution in [2.75, 3.05) is 26.7 Å². The highest BCUT2D eigenvalue weighted by Crippen LogP contribution is 2.48. The van der Waals surface area contributed by atoms with Gasteiger partial charge in [0.05, 0.1) is 0 Å². The van der Waals surface area contributed by atoms with Crippen LogP contribution in [0.3, 0.4) is 0 Å². The van der Waals surface area contributed by atoms with Crippen LogP contribution in [-0.2, 0) is 10.2 Å². The largest absolute Gasteiger partial charge is 0.318 e. The Morgan fingerprint density at radius 1 is 1.10 bits per heavy atom. The monoisotopic (exact) mass is 315 g/mol. The van der Waals surface area contributed by atoms with Gasteiger partial charge in [-0.05, 0) is 63.3 Å². The summed E-state index contributed by atoms with van der Waals surface area (Å²) in [5, 5.41) is 3.13. The molecule has 2 N–H and O–H groups in total. The minimum atomic E-state index is -3.32. The maximum absolute atomic E-state index is 12.6. The highest BCUT2D eigenvalue weighted by atomic mass is 32.2. The summed E-state index contributed by atoms with van der Waals surface area (Å²) in [5.74, 6) is 2.16.